The molecule has 2 aromatic rings. The Morgan fingerprint density at radius 3 is 3.18 bits per heavy atom. The van der Waals surface area contributed by atoms with Crippen molar-refractivity contribution in [3.8, 4) is 6.07 Å². The molecule has 6 heteroatoms. The van der Waals surface area contributed by atoms with Crippen LogP contribution in [0.2, 0.25) is 0 Å². The Morgan fingerprint density at radius 1 is 1.53 bits per heavy atom. The fourth-order valence-electron chi connectivity index (χ4n) is 1.49. The molecule has 0 aliphatic rings. The van der Waals surface area contributed by atoms with Crippen LogP contribution < -0.4 is 5.32 Å². The van der Waals surface area contributed by atoms with Crippen molar-refractivity contribution >= 4 is 5.69 Å². The minimum Gasteiger partial charge on any atom is -0.375 e. The molecule has 86 valence electrons. The highest BCUT2D eigenvalue weighted by Crippen LogP contribution is 2.11. The Morgan fingerprint density at radius 2 is 2.41 bits per heavy atom. The molecule has 2 aromatic heterocycles. The Hall–Kier alpha value is -2.42. The summed E-state index contributed by atoms with van der Waals surface area (Å²) in [6, 6.07) is 5.64. The molecule has 0 aliphatic heterocycles. The van der Waals surface area contributed by atoms with Gasteiger partial charge < -0.3 is 9.88 Å². The number of hydrogen-bond acceptors (Lipinski definition) is 5. The van der Waals surface area contributed by atoms with E-state index in [2.05, 4.69) is 20.5 Å². The number of nitrogens with zero attached hydrogens (tertiary/aromatic N) is 5. The van der Waals surface area contributed by atoms with Crippen molar-refractivity contribution in [1.82, 2.24) is 19.7 Å². The molecule has 0 atom stereocenters. The van der Waals surface area contributed by atoms with Gasteiger partial charge in [-0.05, 0) is 19.1 Å². The number of rotatable bonds is 4. The second kappa shape index (κ2) is 5.07. The standard InChI is InChI=1S/C11H12N6/c1-2-17-8-15-16-11(17)7-14-9-4-3-5-13-10(9)6-12/h3-5,8,14H,2,7H2,1H3. The topological polar surface area (TPSA) is 79.4 Å². The van der Waals surface area contributed by atoms with E-state index in [1.165, 1.54) is 0 Å². The maximum atomic E-state index is 8.89. The van der Waals surface area contributed by atoms with E-state index < -0.39 is 0 Å². The first-order valence-corrected chi connectivity index (χ1v) is 5.30. The SMILES string of the molecule is CCn1cnnc1CNc1cccnc1C#N. The fourth-order valence-corrected chi connectivity index (χ4v) is 1.49. The third kappa shape index (κ3) is 2.39. The number of pyridine rings is 1. The summed E-state index contributed by atoms with van der Waals surface area (Å²) >= 11 is 0. The van der Waals surface area contributed by atoms with Crippen LogP contribution in [0.3, 0.4) is 0 Å². The van der Waals surface area contributed by atoms with Gasteiger partial charge in [0.1, 0.15) is 12.4 Å². The molecule has 0 spiro atoms. The summed E-state index contributed by atoms with van der Waals surface area (Å²) in [6.07, 6.45) is 3.28. The lowest BCUT2D eigenvalue weighted by atomic mass is 10.3. The molecule has 6 nitrogen and oxygen atoms in total. The molecule has 1 N–H and O–H groups in total. The largest absolute Gasteiger partial charge is 0.375 e. The lowest BCUT2D eigenvalue weighted by Gasteiger charge is -2.07. The molecule has 0 amide bonds. The summed E-state index contributed by atoms with van der Waals surface area (Å²) in [5, 5.41) is 19.9. The molecule has 17 heavy (non-hydrogen) atoms. The van der Waals surface area contributed by atoms with Gasteiger partial charge in [0.05, 0.1) is 12.2 Å². The maximum Gasteiger partial charge on any atom is 0.163 e. The number of hydrogen-bond donors (Lipinski definition) is 1. The van der Waals surface area contributed by atoms with E-state index in [9.17, 15) is 0 Å². The van der Waals surface area contributed by atoms with Gasteiger partial charge in [0, 0.05) is 12.7 Å². The summed E-state index contributed by atoms with van der Waals surface area (Å²) in [7, 11) is 0. The lowest BCUT2D eigenvalue weighted by molar-refractivity contribution is 0.708. The summed E-state index contributed by atoms with van der Waals surface area (Å²) in [5.74, 6) is 0.834. The number of anilines is 1. The Balaban J connectivity index is 2.10. The van der Waals surface area contributed by atoms with Gasteiger partial charge in [0.2, 0.25) is 0 Å². The number of aryl methyl sites for hydroxylation is 1. The third-order valence-corrected chi connectivity index (χ3v) is 2.39. The van der Waals surface area contributed by atoms with Crippen molar-refractivity contribution in [2.24, 2.45) is 0 Å². The summed E-state index contributed by atoms with van der Waals surface area (Å²) < 4.78 is 1.94. The summed E-state index contributed by atoms with van der Waals surface area (Å²) in [6.45, 7) is 3.37. The molecule has 0 aliphatic carbocycles. The number of nitrogens with one attached hydrogen (secondary N) is 1. The summed E-state index contributed by atoms with van der Waals surface area (Å²) in [4.78, 5) is 3.97. The fraction of sp³-hybridized carbons (Fsp3) is 0.273. The smallest absolute Gasteiger partial charge is 0.163 e. The van der Waals surface area contributed by atoms with E-state index in [0.717, 1.165) is 12.4 Å². The quantitative estimate of drug-likeness (QED) is 0.849. The van der Waals surface area contributed by atoms with Crippen LogP contribution in [0.1, 0.15) is 18.4 Å². The van der Waals surface area contributed by atoms with Crippen molar-refractivity contribution < 1.29 is 0 Å². The molecule has 0 saturated carbocycles. The van der Waals surface area contributed by atoms with E-state index in [4.69, 9.17) is 5.26 Å². The lowest BCUT2D eigenvalue weighted by Crippen LogP contribution is -2.08. The van der Waals surface area contributed by atoms with Crippen LogP contribution in [0, 0.1) is 11.3 Å². The van der Waals surface area contributed by atoms with Gasteiger partial charge in [0.15, 0.2) is 11.5 Å². The number of aromatic nitrogens is 4. The first-order valence-electron chi connectivity index (χ1n) is 5.30. The second-order valence-corrected chi connectivity index (χ2v) is 3.40. The van der Waals surface area contributed by atoms with Crippen LogP contribution in [-0.2, 0) is 13.1 Å². The normalized spacial score (nSPS) is 9.88. The Bertz CT molecular complexity index is 539. The zero-order chi connectivity index (χ0) is 12.1. The predicted octanol–water partition coefficient (Wildman–Crippen LogP) is 1.18. The van der Waals surface area contributed by atoms with Crippen LogP contribution in [-0.4, -0.2) is 19.7 Å². The molecular formula is C11H12N6. The highest BCUT2D eigenvalue weighted by atomic mass is 15.3. The number of nitriles is 1. The van der Waals surface area contributed by atoms with Crippen molar-refractivity contribution in [3.63, 3.8) is 0 Å². The van der Waals surface area contributed by atoms with E-state index in [0.29, 0.717) is 17.9 Å². The summed E-state index contributed by atoms with van der Waals surface area (Å²) in [5.41, 5.74) is 1.09. The molecule has 0 fully saturated rings. The van der Waals surface area contributed by atoms with Crippen molar-refractivity contribution in [2.45, 2.75) is 20.0 Å². The highest BCUT2D eigenvalue weighted by Gasteiger charge is 2.05. The molecule has 2 heterocycles. The monoisotopic (exact) mass is 228 g/mol. The third-order valence-electron chi connectivity index (χ3n) is 2.39. The van der Waals surface area contributed by atoms with Crippen molar-refractivity contribution in [3.05, 3.63) is 36.2 Å². The first-order chi connectivity index (χ1) is 8.35. The Kier molecular flexibility index (Phi) is 3.31. The molecule has 0 aromatic carbocycles. The molecule has 0 radical (unpaired) electrons. The van der Waals surface area contributed by atoms with Gasteiger partial charge in [0.25, 0.3) is 0 Å². The van der Waals surface area contributed by atoms with E-state index >= 15 is 0 Å². The van der Waals surface area contributed by atoms with Crippen LogP contribution in [0.5, 0.6) is 0 Å². The van der Waals surface area contributed by atoms with E-state index in [1.807, 2.05) is 23.6 Å². The second-order valence-electron chi connectivity index (χ2n) is 3.40. The first kappa shape index (κ1) is 11.1. The van der Waals surface area contributed by atoms with Crippen LogP contribution in [0.25, 0.3) is 0 Å². The molecule has 0 saturated heterocycles. The van der Waals surface area contributed by atoms with E-state index in [1.54, 1.807) is 18.6 Å². The molecule has 0 bridgehead atoms. The minimum atomic E-state index is 0.384. The highest BCUT2D eigenvalue weighted by molar-refractivity contribution is 5.53. The average Bonchev–Trinajstić information content (AvgIpc) is 2.84. The van der Waals surface area contributed by atoms with Gasteiger partial charge in [-0.15, -0.1) is 10.2 Å². The molecule has 0 unspecified atom stereocenters. The van der Waals surface area contributed by atoms with E-state index in [-0.39, 0.29) is 0 Å². The average molecular weight is 228 g/mol. The molecular weight excluding hydrogens is 216 g/mol. The Labute approximate surface area is 98.9 Å². The van der Waals surface area contributed by atoms with Crippen LogP contribution in [0.4, 0.5) is 5.69 Å². The van der Waals surface area contributed by atoms with Crippen molar-refractivity contribution in [2.75, 3.05) is 5.32 Å². The zero-order valence-electron chi connectivity index (χ0n) is 9.46. The zero-order valence-corrected chi connectivity index (χ0v) is 9.46. The maximum absolute atomic E-state index is 8.89. The van der Waals surface area contributed by atoms with Crippen molar-refractivity contribution in [1.29, 1.82) is 5.26 Å². The van der Waals surface area contributed by atoms with Crippen LogP contribution in [0.15, 0.2) is 24.7 Å². The van der Waals surface area contributed by atoms with Gasteiger partial charge in [-0.2, -0.15) is 5.26 Å². The van der Waals surface area contributed by atoms with Gasteiger partial charge in [-0.3, -0.25) is 0 Å². The minimum absolute atomic E-state index is 0.384. The van der Waals surface area contributed by atoms with Gasteiger partial charge in [-0.25, -0.2) is 4.98 Å². The van der Waals surface area contributed by atoms with Gasteiger partial charge >= 0.3 is 0 Å². The van der Waals surface area contributed by atoms with Gasteiger partial charge in [-0.1, -0.05) is 0 Å². The predicted molar refractivity (Wildman–Crippen MR) is 62.0 cm³/mol. The van der Waals surface area contributed by atoms with Crippen LogP contribution >= 0.6 is 0 Å². The molecule has 2 rings (SSSR count).